The minimum Gasteiger partial charge on any atom is -0.258 e. The van der Waals surface area contributed by atoms with Gasteiger partial charge < -0.3 is 0 Å². The van der Waals surface area contributed by atoms with Crippen LogP contribution in [0.5, 0.6) is 0 Å². The number of rotatable bonds is 6. The lowest BCUT2D eigenvalue weighted by atomic mass is 10.1. The fourth-order valence-corrected chi connectivity index (χ4v) is 3.60. The molecule has 0 aliphatic rings. The molecule has 5 rings (SSSR count). The summed E-state index contributed by atoms with van der Waals surface area (Å²) in [5, 5.41) is 27.3. The highest BCUT2D eigenvalue weighted by Gasteiger charge is 2.17. The van der Waals surface area contributed by atoms with Crippen molar-refractivity contribution in [3.63, 3.8) is 0 Å². The molecule has 0 aliphatic carbocycles. The number of nitrogens with one attached hydrogen (secondary N) is 1. The van der Waals surface area contributed by atoms with Gasteiger partial charge in [-0.1, -0.05) is 60.7 Å². The molecule has 3 aromatic carbocycles. The summed E-state index contributed by atoms with van der Waals surface area (Å²) in [6.45, 7) is 0. The summed E-state index contributed by atoms with van der Waals surface area (Å²) in [5.74, 6) is 0.379. The van der Waals surface area contributed by atoms with Crippen molar-refractivity contribution in [2.45, 2.75) is 0 Å². The molecule has 166 valence electrons. The molecule has 0 aliphatic heterocycles. The molecule has 5 aromatic rings. The Kier molecular flexibility index (Phi) is 5.63. The molecule has 0 radical (unpaired) electrons. The van der Waals surface area contributed by atoms with Crippen LogP contribution < -0.4 is 0 Å². The number of aromatic amines is 1. The third-order valence-corrected chi connectivity index (χ3v) is 5.36. The van der Waals surface area contributed by atoms with Crippen molar-refractivity contribution < 1.29 is 4.92 Å². The van der Waals surface area contributed by atoms with Crippen molar-refractivity contribution in [3.8, 4) is 28.5 Å². The molecular weight excluding hydrogens is 450 g/mol. The van der Waals surface area contributed by atoms with Crippen molar-refractivity contribution in [1.82, 2.24) is 24.7 Å². The van der Waals surface area contributed by atoms with E-state index in [0.717, 1.165) is 22.5 Å². The van der Waals surface area contributed by atoms with Crippen LogP contribution in [0.4, 0.5) is 5.69 Å². The lowest BCUT2D eigenvalue weighted by Gasteiger charge is -2.06. The molecule has 2 aromatic heterocycles. The third-order valence-electron chi connectivity index (χ3n) is 5.10. The van der Waals surface area contributed by atoms with E-state index in [1.54, 1.807) is 23.0 Å². The first-order chi connectivity index (χ1) is 16.6. The van der Waals surface area contributed by atoms with Gasteiger partial charge in [0.2, 0.25) is 4.77 Å². The predicted molar refractivity (Wildman–Crippen MR) is 131 cm³/mol. The zero-order chi connectivity index (χ0) is 23.5. The minimum atomic E-state index is -0.446. The zero-order valence-electron chi connectivity index (χ0n) is 17.6. The van der Waals surface area contributed by atoms with Gasteiger partial charge in [0.25, 0.3) is 11.6 Å². The highest BCUT2D eigenvalue weighted by atomic mass is 32.1. The van der Waals surface area contributed by atoms with Gasteiger partial charge in [0.15, 0.2) is 0 Å². The molecule has 9 nitrogen and oxygen atoms in total. The zero-order valence-corrected chi connectivity index (χ0v) is 18.5. The number of H-pyrrole nitrogens is 1. The molecule has 0 saturated carbocycles. The molecule has 0 atom stereocenters. The smallest absolute Gasteiger partial charge is 0.258 e. The van der Waals surface area contributed by atoms with Crippen molar-refractivity contribution in [2.75, 3.05) is 0 Å². The fraction of sp³-hybridized carbons (Fsp3) is 0. The Labute approximate surface area is 198 Å². The Morgan fingerprint density at radius 3 is 2.24 bits per heavy atom. The average Bonchev–Trinajstić information content (AvgIpc) is 3.47. The number of benzene rings is 3. The molecule has 0 fully saturated rings. The number of hydrogen-bond acceptors (Lipinski definition) is 6. The van der Waals surface area contributed by atoms with E-state index in [9.17, 15) is 10.1 Å². The van der Waals surface area contributed by atoms with E-state index in [-0.39, 0.29) is 10.5 Å². The van der Waals surface area contributed by atoms with Crippen molar-refractivity contribution >= 4 is 24.1 Å². The molecule has 34 heavy (non-hydrogen) atoms. The molecule has 1 N–H and O–H groups in total. The summed E-state index contributed by atoms with van der Waals surface area (Å²) in [5.41, 5.74) is 4.20. The summed E-state index contributed by atoms with van der Waals surface area (Å²) in [6, 6.07) is 27.8. The van der Waals surface area contributed by atoms with Crippen LogP contribution in [-0.4, -0.2) is 35.8 Å². The Morgan fingerprint density at radius 1 is 0.941 bits per heavy atom. The monoisotopic (exact) mass is 467 g/mol. The summed E-state index contributed by atoms with van der Waals surface area (Å²) < 4.78 is 3.44. The molecule has 0 amide bonds. The number of nitro benzene ring substituents is 1. The highest BCUT2D eigenvalue weighted by Crippen LogP contribution is 2.28. The largest absolute Gasteiger partial charge is 0.272 e. The van der Waals surface area contributed by atoms with Gasteiger partial charge in [-0.25, -0.2) is 5.10 Å². The topological polar surface area (TPSA) is 107 Å². The first-order valence-electron chi connectivity index (χ1n) is 10.3. The normalized spacial score (nSPS) is 11.2. The molecule has 2 heterocycles. The number of nitro groups is 1. The van der Waals surface area contributed by atoms with Crippen LogP contribution in [-0.2, 0) is 0 Å². The second-order valence-corrected chi connectivity index (χ2v) is 7.68. The Morgan fingerprint density at radius 2 is 1.59 bits per heavy atom. The van der Waals surface area contributed by atoms with Crippen LogP contribution in [0.1, 0.15) is 5.56 Å². The maximum Gasteiger partial charge on any atom is 0.272 e. The maximum absolute atomic E-state index is 10.9. The maximum atomic E-state index is 10.9. The second kappa shape index (κ2) is 9.04. The Hall–Kier alpha value is -4.70. The van der Waals surface area contributed by atoms with Gasteiger partial charge >= 0.3 is 0 Å². The van der Waals surface area contributed by atoms with E-state index < -0.39 is 4.92 Å². The number of non-ortho nitro benzene ring substituents is 1. The molecule has 0 saturated heterocycles. The van der Waals surface area contributed by atoms with E-state index in [0.29, 0.717) is 11.5 Å². The average molecular weight is 468 g/mol. The first-order valence-corrected chi connectivity index (χ1v) is 10.7. The summed E-state index contributed by atoms with van der Waals surface area (Å²) in [6.07, 6.45) is 1.56. The van der Waals surface area contributed by atoms with Crippen LogP contribution in [0.3, 0.4) is 0 Å². The van der Waals surface area contributed by atoms with Gasteiger partial charge in [-0.05, 0) is 36.0 Å². The lowest BCUT2D eigenvalue weighted by molar-refractivity contribution is -0.384. The van der Waals surface area contributed by atoms with Gasteiger partial charge in [-0.3, -0.25) is 10.1 Å². The molecule has 0 spiro atoms. The van der Waals surface area contributed by atoms with Crippen LogP contribution in [0.15, 0.2) is 96.1 Å². The van der Waals surface area contributed by atoms with Gasteiger partial charge in [0.1, 0.15) is 0 Å². The quantitative estimate of drug-likeness (QED) is 0.159. The van der Waals surface area contributed by atoms with Crippen molar-refractivity contribution in [1.29, 1.82) is 0 Å². The first kappa shape index (κ1) is 21.2. The number of hydrogen-bond donors (Lipinski definition) is 1. The number of aromatic nitrogens is 5. The minimum absolute atomic E-state index is 0.00949. The van der Waals surface area contributed by atoms with Crippen LogP contribution in [0, 0.1) is 14.9 Å². The van der Waals surface area contributed by atoms with Gasteiger partial charge in [0, 0.05) is 23.3 Å². The van der Waals surface area contributed by atoms with E-state index >= 15 is 0 Å². The molecule has 0 unspecified atom stereocenters. The standard InChI is InChI=1S/C24H17N7O2S/c32-31(33)20-13-11-17(12-14-20)16-25-30-23(26-27-24(30)34)29-22(19-9-5-2-6-10-19)15-21(28-29)18-7-3-1-4-8-18/h1-16H,(H,27,34)/b25-16+. The van der Waals surface area contributed by atoms with Gasteiger partial charge in [-0.2, -0.15) is 19.6 Å². The van der Waals surface area contributed by atoms with Gasteiger partial charge in [-0.15, -0.1) is 5.10 Å². The second-order valence-electron chi connectivity index (χ2n) is 7.29. The Balaban J connectivity index is 1.60. The summed E-state index contributed by atoms with van der Waals surface area (Å²) in [4.78, 5) is 10.4. The van der Waals surface area contributed by atoms with Crippen molar-refractivity contribution in [3.05, 3.63) is 111 Å². The van der Waals surface area contributed by atoms with E-state index in [2.05, 4.69) is 15.3 Å². The molecular formula is C24H17N7O2S. The Bertz CT molecular complexity index is 1540. The molecule has 10 heteroatoms. The predicted octanol–water partition coefficient (Wildman–Crippen LogP) is 5.25. The van der Waals surface area contributed by atoms with Crippen molar-refractivity contribution in [2.24, 2.45) is 5.10 Å². The SMILES string of the molecule is O=[N+]([O-])c1ccc(/C=N/n2c(-n3nc(-c4ccccc4)cc3-c3ccccc3)n[nH]c2=S)cc1. The van der Waals surface area contributed by atoms with Crippen LogP contribution >= 0.6 is 12.2 Å². The summed E-state index contributed by atoms with van der Waals surface area (Å²) in [7, 11) is 0. The third kappa shape index (κ3) is 4.17. The fourth-order valence-electron chi connectivity index (χ4n) is 3.43. The highest BCUT2D eigenvalue weighted by molar-refractivity contribution is 7.71. The number of nitrogens with zero attached hydrogens (tertiary/aromatic N) is 6. The van der Waals surface area contributed by atoms with E-state index in [1.165, 1.54) is 16.8 Å². The van der Waals surface area contributed by atoms with E-state index in [1.807, 2.05) is 66.7 Å². The molecule has 0 bridgehead atoms. The summed E-state index contributed by atoms with van der Waals surface area (Å²) >= 11 is 5.40. The van der Waals surface area contributed by atoms with Crippen LogP contribution in [0.25, 0.3) is 28.5 Å². The van der Waals surface area contributed by atoms with E-state index in [4.69, 9.17) is 17.3 Å². The van der Waals surface area contributed by atoms with Gasteiger partial charge in [0.05, 0.1) is 22.5 Å². The van der Waals surface area contributed by atoms with Crippen LogP contribution in [0.2, 0.25) is 0 Å². The lowest BCUT2D eigenvalue weighted by Crippen LogP contribution is -2.07.